The summed E-state index contributed by atoms with van der Waals surface area (Å²) in [6.07, 6.45) is 4.64. The van der Waals surface area contributed by atoms with Gasteiger partial charge in [0, 0.05) is 12.4 Å². The molecule has 6 nitrogen and oxygen atoms in total. The Balaban J connectivity index is 2.17. The van der Waals surface area contributed by atoms with Gasteiger partial charge in [0.1, 0.15) is 10.8 Å². The van der Waals surface area contributed by atoms with Crippen LogP contribution in [0.1, 0.15) is 20.7 Å². The fourth-order valence-electron chi connectivity index (χ4n) is 1.50. The molecule has 0 spiro atoms. The summed E-state index contributed by atoms with van der Waals surface area (Å²) in [7, 11) is 0. The van der Waals surface area contributed by atoms with Crippen molar-refractivity contribution in [1.29, 1.82) is 0 Å². The van der Waals surface area contributed by atoms with Gasteiger partial charge in [-0.2, -0.15) is 0 Å². The van der Waals surface area contributed by atoms with Crippen LogP contribution in [0.15, 0.2) is 41.7 Å². The molecule has 0 aliphatic rings. The molecule has 0 aromatic carbocycles. The standard InChI is InChI=1S/C13H11N3O3S/c1-20-12-9(3-2-6-14-12)11(17)16-10-5-4-8(7-15-10)13(18)19/h2-7H,1H3,(H,18,19)(H,15,16,17). The van der Waals surface area contributed by atoms with Gasteiger partial charge in [-0.3, -0.25) is 4.79 Å². The Kier molecular flexibility index (Phi) is 4.31. The lowest BCUT2D eigenvalue weighted by Gasteiger charge is -2.07. The van der Waals surface area contributed by atoms with Gasteiger partial charge in [0.2, 0.25) is 0 Å². The van der Waals surface area contributed by atoms with E-state index in [4.69, 9.17) is 5.11 Å². The van der Waals surface area contributed by atoms with Crippen molar-refractivity contribution < 1.29 is 14.7 Å². The van der Waals surface area contributed by atoms with Crippen LogP contribution in [0, 0.1) is 0 Å². The van der Waals surface area contributed by atoms with Crippen molar-refractivity contribution in [2.75, 3.05) is 11.6 Å². The van der Waals surface area contributed by atoms with E-state index in [1.54, 1.807) is 18.3 Å². The molecule has 20 heavy (non-hydrogen) atoms. The maximum absolute atomic E-state index is 12.1. The maximum Gasteiger partial charge on any atom is 0.337 e. The number of anilines is 1. The monoisotopic (exact) mass is 289 g/mol. The van der Waals surface area contributed by atoms with Gasteiger partial charge in [-0.15, -0.1) is 11.8 Å². The predicted octanol–water partition coefficient (Wildman–Crippen LogP) is 2.15. The van der Waals surface area contributed by atoms with E-state index in [1.165, 1.54) is 30.1 Å². The number of hydrogen-bond donors (Lipinski definition) is 2. The number of thioether (sulfide) groups is 1. The first-order chi connectivity index (χ1) is 9.61. The average Bonchev–Trinajstić information content (AvgIpc) is 2.47. The number of pyridine rings is 2. The van der Waals surface area contributed by atoms with Gasteiger partial charge < -0.3 is 10.4 Å². The summed E-state index contributed by atoms with van der Waals surface area (Å²) in [4.78, 5) is 30.8. The quantitative estimate of drug-likeness (QED) is 0.838. The Bertz CT molecular complexity index is 644. The van der Waals surface area contributed by atoms with Crippen LogP contribution in [0.5, 0.6) is 0 Å². The zero-order valence-corrected chi connectivity index (χ0v) is 11.3. The Hall–Kier alpha value is -2.41. The number of nitrogens with one attached hydrogen (secondary N) is 1. The van der Waals surface area contributed by atoms with E-state index in [0.717, 1.165) is 0 Å². The zero-order valence-electron chi connectivity index (χ0n) is 10.5. The molecule has 0 bridgehead atoms. The number of nitrogens with zero attached hydrogens (tertiary/aromatic N) is 2. The Morgan fingerprint density at radius 1 is 1.25 bits per heavy atom. The van der Waals surface area contributed by atoms with Crippen LogP contribution in [-0.2, 0) is 0 Å². The molecule has 2 aromatic rings. The summed E-state index contributed by atoms with van der Waals surface area (Å²) in [6, 6.07) is 6.16. The summed E-state index contributed by atoms with van der Waals surface area (Å²) in [6.45, 7) is 0. The molecule has 2 N–H and O–H groups in total. The van der Waals surface area contributed by atoms with Crippen molar-refractivity contribution in [2.45, 2.75) is 5.03 Å². The summed E-state index contributed by atoms with van der Waals surface area (Å²) in [5, 5.41) is 12.0. The molecule has 102 valence electrons. The highest BCUT2D eigenvalue weighted by Gasteiger charge is 2.12. The third kappa shape index (κ3) is 3.12. The van der Waals surface area contributed by atoms with Crippen LogP contribution in [0.25, 0.3) is 0 Å². The number of carbonyl (C=O) groups excluding carboxylic acids is 1. The summed E-state index contributed by atoms with van der Waals surface area (Å²) >= 11 is 1.37. The number of carboxylic acids is 1. The summed E-state index contributed by atoms with van der Waals surface area (Å²) in [5.74, 6) is -1.11. The smallest absolute Gasteiger partial charge is 0.337 e. The lowest BCUT2D eigenvalue weighted by atomic mass is 10.2. The molecule has 7 heteroatoms. The Morgan fingerprint density at radius 3 is 2.65 bits per heavy atom. The molecule has 0 saturated heterocycles. The number of rotatable bonds is 4. The normalized spacial score (nSPS) is 10.1. The number of amides is 1. The third-order valence-corrected chi connectivity index (χ3v) is 3.17. The van der Waals surface area contributed by atoms with Crippen LogP contribution in [0.3, 0.4) is 0 Å². The van der Waals surface area contributed by atoms with Gasteiger partial charge >= 0.3 is 5.97 Å². The molecule has 2 heterocycles. The second kappa shape index (κ2) is 6.16. The van der Waals surface area contributed by atoms with Crippen LogP contribution in [0.4, 0.5) is 5.82 Å². The molecular weight excluding hydrogens is 278 g/mol. The summed E-state index contributed by atoms with van der Waals surface area (Å²) in [5.41, 5.74) is 0.512. The molecule has 0 fully saturated rings. The van der Waals surface area contributed by atoms with Crippen LogP contribution < -0.4 is 5.32 Å². The molecule has 2 rings (SSSR count). The molecule has 0 aliphatic carbocycles. The number of carbonyl (C=O) groups is 2. The van der Waals surface area contributed by atoms with E-state index in [0.29, 0.717) is 10.6 Å². The van der Waals surface area contributed by atoms with Gasteiger partial charge in [0.15, 0.2) is 0 Å². The largest absolute Gasteiger partial charge is 0.478 e. The van der Waals surface area contributed by atoms with E-state index >= 15 is 0 Å². The van der Waals surface area contributed by atoms with E-state index in [9.17, 15) is 9.59 Å². The minimum Gasteiger partial charge on any atom is -0.478 e. The molecule has 0 saturated carbocycles. The highest BCUT2D eigenvalue weighted by Crippen LogP contribution is 2.18. The Morgan fingerprint density at radius 2 is 2.05 bits per heavy atom. The molecular formula is C13H11N3O3S. The van der Waals surface area contributed by atoms with E-state index in [1.807, 2.05) is 6.26 Å². The first kappa shape index (κ1) is 14.0. The molecule has 2 aromatic heterocycles. The third-order valence-electron chi connectivity index (χ3n) is 2.46. The van der Waals surface area contributed by atoms with Gasteiger partial charge in [0.25, 0.3) is 5.91 Å². The average molecular weight is 289 g/mol. The number of carboxylic acid groups (broad SMARTS) is 1. The highest BCUT2D eigenvalue weighted by molar-refractivity contribution is 7.98. The lowest BCUT2D eigenvalue weighted by Crippen LogP contribution is -2.14. The minimum atomic E-state index is -1.06. The second-order valence-corrected chi connectivity index (χ2v) is 4.55. The predicted molar refractivity (Wildman–Crippen MR) is 75.2 cm³/mol. The fraction of sp³-hybridized carbons (Fsp3) is 0.0769. The maximum atomic E-state index is 12.1. The first-order valence-corrected chi connectivity index (χ1v) is 6.84. The van der Waals surface area contributed by atoms with Gasteiger partial charge in [0.05, 0.1) is 11.1 Å². The van der Waals surface area contributed by atoms with Crippen molar-refractivity contribution in [3.8, 4) is 0 Å². The topological polar surface area (TPSA) is 92.2 Å². The van der Waals surface area contributed by atoms with Crippen molar-refractivity contribution in [3.05, 3.63) is 47.8 Å². The first-order valence-electron chi connectivity index (χ1n) is 5.61. The van der Waals surface area contributed by atoms with Crippen LogP contribution >= 0.6 is 11.8 Å². The van der Waals surface area contributed by atoms with Gasteiger partial charge in [-0.05, 0) is 30.5 Å². The minimum absolute atomic E-state index is 0.0641. The number of aromatic nitrogens is 2. The van der Waals surface area contributed by atoms with E-state index < -0.39 is 5.97 Å². The molecule has 0 atom stereocenters. The zero-order chi connectivity index (χ0) is 14.5. The van der Waals surface area contributed by atoms with Crippen LogP contribution in [0.2, 0.25) is 0 Å². The Labute approximate surface area is 119 Å². The molecule has 0 aliphatic heterocycles. The lowest BCUT2D eigenvalue weighted by molar-refractivity contribution is 0.0696. The van der Waals surface area contributed by atoms with E-state index in [-0.39, 0.29) is 17.3 Å². The molecule has 1 amide bonds. The van der Waals surface area contributed by atoms with Crippen molar-refractivity contribution in [1.82, 2.24) is 9.97 Å². The number of hydrogen-bond acceptors (Lipinski definition) is 5. The molecule has 0 radical (unpaired) electrons. The van der Waals surface area contributed by atoms with Crippen molar-refractivity contribution >= 4 is 29.5 Å². The SMILES string of the molecule is CSc1ncccc1C(=O)Nc1ccc(C(=O)O)cn1. The molecule has 0 unspecified atom stereocenters. The van der Waals surface area contributed by atoms with Crippen molar-refractivity contribution in [3.63, 3.8) is 0 Å². The fourth-order valence-corrected chi connectivity index (χ4v) is 2.05. The summed E-state index contributed by atoms with van der Waals surface area (Å²) < 4.78 is 0. The van der Waals surface area contributed by atoms with Crippen LogP contribution in [-0.4, -0.2) is 33.2 Å². The van der Waals surface area contributed by atoms with Crippen molar-refractivity contribution in [2.24, 2.45) is 0 Å². The second-order valence-electron chi connectivity index (χ2n) is 3.75. The highest BCUT2D eigenvalue weighted by atomic mass is 32.2. The van der Waals surface area contributed by atoms with Gasteiger partial charge in [-0.25, -0.2) is 14.8 Å². The van der Waals surface area contributed by atoms with Gasteiger partial charge in [-0.1, -0.05) is 0 Å². The number of aromatic carboxylic acids is 1. The van der Waals surface area contributed by atoms with E-state index in [2.05, 4.69) is 15.3 Å².